The number of amidine groups is 1. The van der Waals surface area contributed by atoms with Crippen LogP contribution in [-0.2, 0) is 6.54 Å². The summed E-state index contributed by atoms with van der Waals surface area (Å²) in [7, 11) is 0. The zero-order chi connectivity index (χ0) is 14.8. The Labute approximate surface area is 125 Å². The van der Waals surface area contributed by atoms with E-state index in [0.717, 1.165) is 17.4 Å². The van der Waals surface area contributed by atoms with Gasteiger partial charge in [0.05, 0.1) is 17.3 Å². The van der Waals surface area contributed by atoms with Gasteiger partial charge in [-0.15, -0.1) is 0 Å². The number of hydrogen-bond acceptors (Lipinski definition) is 3. The molecule has 0 saturated heterocycles. The SMILES string of the molecule is CCn1cc(C(=N)/N=c2\[nH]c(Cl)nc3ccccc23)cn1. The second kappa shape index (κ2) is 5.49. The van der Waals surface area contributed by atoms with Crippen LogP contribution in [0, 0.1) is 5.41 Å². The smallest absolute Gasteiger partial charge is 0.202 e. The Morgan fingerprint density at radius 2 is 2.24 bits per heavy atom. The molecule has 0 saturated carbocycles. The van der Waals surface area contributed by atoms with Crippen LogP contribution in [0.1, 0.15) is 12.5 Å². The molecule has 0 fully saturated rings. The number of nitrogens with one attached hydrogen (secondary N) is 2. The van der Waals surface area contributed by atoms with Gasteiger partial charge in [-0.2, -0.15) is 5.10 Å². The molecule has 3 aromatic rings. The van der Waals surface area contributed by atoms with Crippen molar-refractivity contribution in [1.82, 2.24) is 19.7 Å². The maximum Gasteiger partial charge on any atom is 0.202 e. The Balaban J connectivity index is 2.12. The molecule has 0 aliphatic heterocycles. The van der Waals surface area contributed by atoms with Gasteiger partial charge < -0.3 is 4.98 Å². The number of aromatic nitrogens is 4. The molecule has 2 heterocycles. The summed E-state index contributed by atoms with van der Waals surface area (Å²) in [6, 6.07) is 7.51. The topological polar surface area (TPSA) is 82.7 Å². The van der Waals surface area contributed by atoms with Crippen LogP contribution < -0.4 is 5.49 Å². The van der Waals surface area contributed by atoms with Gasteiger partial charge in [-0.1, -0.05) is 12.1 Å². The number of para-hydroxylation sites is 1. The maximum absolute atomic E-state index is 8.10. The fourth-order valence-corrected chi connectivity index (χ4v) is 2.17. The number of nitrogens with zero attached hydrogens (tertiary/aromatic N) is 4. The third kappa shape index (κ3) is 2.71. The van der Waals surface area contributed by atoms with Crippen LogP contribution in [0.5, 0.6) is 0 Å². The van der Waals surface area contributed by atoms with E-state index < -0.39 is 0 Å². The van der Waals surface area contributed by atoms with E-state index in [9.17, 15) is 0 Å². The second-order valence-corrected chi connectivity index (χ2v) is 4.80. The Morgan fingerprint density at radius 1 is 1.43 bits per heavy atom. The standard InChI is InChI=1S/C14H13ClN6/c1-2-21-8-9(7-17-21)12(16)19-13-10-5-3-4-6-11(10)18-14(15)20-13/h3-8H,2H2,1H3,(H2,16,18,19,20). The third-order valence-electron chi connectivity index (χ3n) is 3.05. The molecule has 2 aromatic heterocycles. The van der Waals surface area contributed by atoms with Gasteiger partial charge in [0.1, 0.15) is 5.49 Å². The van der Waals surface area contributed by atoms with Crippen molar-refractivity contribution < 1.29 is 0 Å². The zero-order valence-corrected chi connectivity index (χ0v) is 12.1. The van der Waals surface area contributed by atoms with Crippen LogP contribution in [0.4, 0.5) is 0 Å². The fraction of sp³-hybridized carbons (Fsp3) is 0.143. The van der Waals surface area contributed by atoms with E-state index in [2.05, 4.69) is 20.1 Å². The molecule has 7 heteroatoms. The lowest BCUT2D eigenvalue weighted by molar-refractivity contribution is 0.660. The summed E-state index contributed by atoms with van der Waals surface area (Å²) in [6.07, 6.45) is 3.41. The largest absolute Gasteiger partial charge is 0.314 e. The summed E-state index contributed by atoms with van der Waals surface area (Å²) >= 11 is 5.97. The number of H-pyrrole nitrogens is 1. The first-order valence-electron chi connectivity index (χ1n) is 6.48. The van der Waals surface area contributed by atoms with Crippen molar-refractivity contribution in [3.8, 4) is 0 Å². The van der Waals surface area contributed by atoms with Gasteiger partial charge in [0, 0.05) is 18.1 Å². The molecule has 106 valence electrons. The van der Waals surface area contributed by atoms with Crippen LogP contribution in [0.3, 0.4) is 0 Å². The summed E-state index contributed by atoms with van der Waals surface area (Å²) in [5, 5.41) is 13.3. The van der Waals surface area contributed by atoms with Crippen LogP contribution in [0.15, 0.2) is 41.7 Å². The summed E-state index contributed by atoms with van der Waals surface area (Å²) in [4.78, 5) is 11.4. The van der Waals surface area contributed by atoms with E-state index in [4.69, 9.17) is 17.0 Å². The molecular formula is C14H13ClN6. The molecular weight excluding hydrogens is 288 g/mol. The third-order valence-corrected chi connectivity index (χ3v) is 3.23. The van der Waals surface area contributed by atoms with Crippen LogP contribution in [0.2, 0.25) is 5.28 Å². The van der Waals surface area contributed by atoms with Gasteiger partial charge in [0.25, 0.3) is 0 Å². The van der Waals surface area contributed by atoms with Gasteiger partial charge in [-0.05, 0) is 30.7 Å². The van der Waals surface area contributed by atoms with Crippen molar-refractivity contribution in [2.75, 3.05) is 0 Å². The van der Waals surface area contributed by atoms with Crippen molar-refractivity contribution in [2.45, 2.75) is 13.5 Å². The first kappa shape index (κ1) is 13.5. The molecule has 0 unspecified atom stereocenters. The molecule has 2 N–H and O–H groups in total. The number of aromatic amines is 1. The molecule has 3 rings (SSSR count). The summed E-state index contributed by atoms with van der Waals surface area (Å²) in [6.45, 7) is 2.74. The van der Waals surface area contributed by atoms with Gasteiger partial charge in [-0.25, -0.2) is 9.98 Å². The summed E-state index contributed by atoms with van der Waals surface area (Å²) in [5.74, 6) is 0.123. The van der Waals surface area contributed by atoms with Gasteiger partial charge in [-0.3, -0.25) is 10.1 Å². The highest BCUT2D eigenvalue weighted by Gasteiger charge is 2.05. The van der Waals surface area contributed by atoms with Crippen molar-refractivity contribution in [3.05, 3.63) is 53.0 Å². The number of rotatable bonds is 2. The highest BCUT2D eigenvalue weighted by atomic mass is 35.5. The molecule has 0 bridgehead atoms. The molecule has 0 radical (unpaired) electrons. The van der Waals surface area contributed by atoms with Crippen LogP contribution in [0.25, 0.3) is 10.9 Å². The number of fused-ring (bicyclic) bond motifs is 1. The van der Waals surface area contributed by atoms with Crippen LogP contribution in [-0.4, -0.2) is 25.6 Å². The first-order valence-corrected chi connectivity index (χ1v) is 6.86. The summed E-state index contributed by atoms with van der Waals surface area (Å²) in [5.41, 5.74) is 1.90. The highest BCUT2D eigenvalue weighted by molar-refractivity contribution is 6.28. The Kier molecular flexibility index (Phi) is 3.53. The lowest BCUT2D eigenvalue weighted by Crippen LogP contribution is -2.13. The van der Waals surface area contributed by atoms with E-state index in [-0.39, 0.29) is 11.1 Å². The van der Waals surface area contributed by atoms with Crippen LogP contribution >= 0.6 is 11.6 Å². The number of aryl methyl sites for hydroxylation is 1. The normalized spacial score (nSPS) is 12.0. The molecule has 0 aliphatic carbocycles. The van der Waals surface area contributed by atoms with E-state index in [0.29, 0.717) is 11.1 Å². The Morgan fingerprint density at radius 3 is 3.00 bits per heavy atom. The predicted molar refractivity (Wildman–Crippen MR) is 81.4 cm³/mol. The van der Waals surface area contributed by atoms with Gasteiger partial charge >= 0.3 is 0 Å². The minimum Gasteiger partial charge on any atom is -0.314 e. The van der Waals surface area contributed by atoms with E-state index >= 15 is 0 Å². The van der Waals surface area contributed by atoms with Crippen molar-refractivity contribution in [1.29, 1.82) is 5.41 Å². The first-order chi connectivity index (χ1) is 10.2. The molecule has 0 aliphatic rings. The number of hydrogen-bond donors (Lipinski definition) is 2. The van der Waals surface area contributed by atoms with E-state index in [1.165, 1.54) is 0 Å². The van der Waals surface area contributed by atoms with Gasteiger partial charge in [0.15, 0.2) is 5.84 Å². The fourth-order valence-electron chi connectivity index (χ4n) is 1.99. The quantitative estimate of drug-likeness (QED) is 0.433. The van der Waals surface area contributed by atoms with E-state index in [1.54, 1.807) is 17.1 Å². The van der Waals surface area contributed by atoms with Gasteiger partial charge in [0.2, 0.25) is 5.28 Å². The number of benzene rings is 1. The van der Waals surface area contributed by atoms with Crippen molar-refractivity contribution in [3.63, 3.8) is 0 Å². The lowest BCUT2D eigenvalue weighted by atomic mass is 10.2. The monoisotopic (exact) mass is 300 g/mol. The molecule has 0 atom stereocenters. The Bertz CT molecular complexity index is 876. The minimum absolute atomic E-state index is 0.123. The zero-order valence-electron chi connectivity index (χ0n) is 11.3. The predicted octanol–water partition coefficient (Wildman–Crippen LogP) is 2.36. The van der Waals surface area contributed by atoms with Crippen molar-refractivity contribution in [2.24, 2.45) is 4.99 Å². The van der Waals surface area contributed by atoms with Crippen molar-refractivity contribution >= 4 is 28.3 Å². The molecule has 6 nitrogen and oxygen atoms in total. The maximum atomic E-state index is 8.10. The second-order valence-electron chi connectivity index (χ2n) is 4.44. The molecule has 21 heavy (non-hydrogen) atoms. The lowest BCUT2D eigenvalue weighted by Gasteiger charge is -2.00. The molecule has 0 spiro atoms. The molecule has 1 aromatic carbocycles. The number of halogens is 1. The minimum atomic E-state index is 0.123. The Hall–Kier alpha value is -2.47. The van der Waals surface area contributed by atoms with E-state index in [1.807, 2.05) is 31.2 Å². The summed E-state index contributed by atoms with van der Waals surface area (Å²) < 4.78 is 1.75. The average molecular weight is 301 g/mol. The molecule has 0 amide bonds. The average Bonchev–Trinajstić information content (AvgIpc) is 2.96. The highest BCUT2D eigenvalue weighted by Crippen LogP contribution is 2.08.